The van der Waals surface area contributed by atoms with Gasteiger partial charge in [-0.1, -0.05) is 55.3 Å². The van der Waals surface area contributed by atoms with Gasteiger partial charge in [-0.05, 0) is 18.4 Å². The lowest BCUT2D eigenvalue weighted by atomic mass is 9.80. The number of halogens is 2. The van der Waals surface area contributed by atoms with Crippen molar-refractivity contribution in [3.63, 3.8) is 0 Å². The van der Waals surface area contributed by atoms with Crippen molar-refractivity contribution in [2.75, 3.05) is 13.2 Å². The zero-order valence-corrected chi connectivity index (χ0v) is 14.6. The van der Waals surface area contributed by atoms with Crippen molar-refractivity contribution in [2.45, 2.75) is 56.7 Å². The Kier molecular flexibility index (Phi) is 5.05. The van der Waals surface area contributed by atoms with Gasteiger partial charge in [0, 0.05) is 12.3 Å². The Hall–Kier alpha value is 0.457. The van der Waals surface area contributed by atoms with Gasteiger partial charge in [-0.3, -0.25) is 0 Å². The summed E-state index contributed by atoms with van der Waals surface area (Å²) >= 11 is 11.9. The highest BCUT2D eigenvalue weighted by Crippen LogP contribution is 2.50. The molecule has 2 rings (SSSR count). The maximum Gasteiger partial charge on any atom is 0.171 e. The second-order valence-corrected chi connectivity index (χ2v) is 13.1. The van der Waals surface area contributed by atoms with Gasteiger partial charge in [0.15, 0.2) is 5.79 Å². The van der Waals surface area contributed by atoms with Gasteiger partial charge in [0.05, 0.1) is 21.3 Å². The van der Waals surface area contributed by atoms with Crippen molar-refractivity contribution in [1.29, 1.82) is 0 Å². The summed E-state index contributed by atoms with van der Waals surface area (Å²) in [4.78, 5) is 0. The van der Waals surface area contributed by atoms with Crippen molar-refractivity contribution in [3.8, 4) is 0 Å². The predicted molar refractivity (Wildman–Crippen MR) is 83.5 cm³/mol. The molecule has 0 radical (unpaired) electrons. The maximum atomic E-state index is 6.04. The monoisotopic (exact) mass is 322 g/mol. The van der Waals surface area contributed by atoms with E-state index in [0.717, 1.165) is 12.8 Å². The van der Waals surface area contributed by atoms with Crippen LogP contribution in [0.3, 0.4) is 0 Å². The first-order chi connectivity index (χ1) is 8.85. The topological polar surface area (TPSA) is 18.5 Å². The average Bonchev–Trinajstić information content (AvgIpc) is 2.75. The molecule has 19 heavy (non-hydrogen) atoms. The lowest BCUT2D eigenvalue weighted by Crippen LogP contribution is -2.48. The van der Waals surface area contributed by atoms with Crippen molar-refractivity contribution in [2.24, 2.45) is 5.92 Å². The number of hydrogen-bond acceptors (Lipinski definition) is 2. The molecular weight excluding hydrogens is 299 g/mol. The molecule has 2 nitrogen and oxygen atoms in total. The van der Waals surface area contributed by atoms with Crippen molar-refractivity contribution < 1.29 is 9.47 Å². The van der Waals surface area contributed by atoms with Crippen LogP contribution in [0.15, 0.2) is 10.6 Å². The summed E-state index contributed by atoms with van der Waals surface area (Å²) in [6, 6.07) is 0. The molecule has 0 aromatic heterocycles. The molecule has 1 saturated heterocycles. The fourth-order valence-electron chi connectivity index (χ4n) is 3.53. The highest BCUT2D eigenvalue weighted by Gasteiger charge is 2.51. The first-order valence-electron chi connectivity index (χ1n) is 7.16. The number of hydrogen-bond donors (Lipinski definition) is 0. The third kappa shape index (κ3) is 3.56. The molecule has 5 heteroatoms. The largest absolute Gasteiger partial charge is 0.347 e. The lowest BCUT2D eigenvalue weighted by molar-refractivity contribution is -0.211. The average molecular weight is 323 g/mol. The molecule has 2 atom stereocenters. The number of rotatable bonds is 3. The fraction of sp³-hybridized carbons (Fsp3) is 0.857. The first kappa shape index (κ1) is 15.8. The summed E-state index contributed by atoms with van der Waals surface area (Å²) in [6.45, 7) is 8.52. The van der Waals surface area contributed by atoms with Gasteiger partial charge in [0.25, 0.3) is 0 Å². The van der Waals surface area contributed by atoms with Gasteiger partial charge in [0.2, 0.25) is 0 Å². The Morgan fingerprint density at radius 1 is 1.21 bits per heavy atom. The van der Waals surface area contributed by atoms with Crippen LogP contribution in [0.1, 0.15) is 25.7 Å². The van der Waals surface area contributed by atoms with Crippen LogP contribution >= 0.6 is 23.2 Å². The molecule has 2 fully saturated rings. The third-order valence-electron chi connectivity index (χ3n) is 4.37. The number of ether oxygens (including phenoxy) is 2. The van der Waals surface area contributed by atoms with Crippen LogP contribution < -0.4 is 0 Å². The SMILES string of the molecule is C[Si](C)(C)C(C=C(Cl)Cl)[C@@H]1CCCCC12OCCO2. The van der Waals surface area contributed by atoms with Crippen LogP contribution in [-0.2, 0) is 9.47 Å². The molecule has 0 aromatic carbocycles. The Bertz CT molecular complexity index is 342. The predicted octanol–water partition coefficient (Wildman–Crippen LogP) is 4.95. The van der Waals surface area contributed by atoms with Crippen LogP contribution in [0.5, 0.6) is 0 Å². The molecule has 1 aliphatic carbocycles. The Morgan fingerprint density at radius 3 is 2.37 bits per heavy atom. The molecule has 1 aliphatic heterocycles. The standard InChI is InChI=1S/C14H24Cl2O2Si/c1-19(2,3)12(10-13(15)16)11-6-4-5-7-14(11)17-8-9-18-14/h10-12H,4-9H2,1-3H3/t11-,12?/m0/s1. The third-order valence-corrected chi connectivity index (χ3v) is 7.19. The zero-order valence-electron chi connectivity index (χ0n) is 12.0. The summed E-state index contributed by atoms with van der Waals surface area (Å²) in [5, 5.41) is 0. The van der Waals surface area contributed by atoms with Crippen molar-refractivity contribution >= 4 is 31.3 Å². The van der Waals surface area contributed by atoms with E-state index in [9.17, 15) is 0 Å². The van der Waals surface area contributed by atoms with E-state index in [1.165, 1.54) is 12.8 Å². The summed E-state index contributed by atoms with van der Waals surface area (Å²) < 4.78 is 12.5. The van der Waals surface area contributed by atoms with E-state index < -0.39 is 8.07 Å². The molecule has 0 amide bonds. The Labute approximate surface area is 127 Å². The van der Waals surface area contributed by atoms with Gasteiger partial charge in [-0.2, -0.15) is 0 Å². The van der Waals surface area contributed by atoms with Gasteiger partial charge < -0.3 is 9.47 Å². The minimum Gasteiger partial charge on any atom is -0.347 e. The molecule has 1 unspecified atom stereocenters. The summed E-state index contributed by atoms with van der Waals surface area (Å²) in [5.74, 6) is 0.0195. The van der Waals surface area contributed by atoms with Crippen LogP contribution in [0.4, 0.5) is 0 Å². The normalized spacial score (nSPS) is 28.4. The molecule has 0 bridgehead atoms. The summed E-state index contributed by atoms with van der Waals surface area (Å²) in [6.07, 6.45) is 6.62. The molecule has 1 heterocycles. The van der Waals surface area contributed by atoms with E-state index in [1.807, 2.05) is 6.08 Å². The Morgan fingerprint density at radius 2 is 1.84 bits per heavy atom. The highest BCUT2D eigenvalue weighted by atomic mass is 35.5. The maximum absolute atomic E-state index is 6.04. The molecule has 110 valence electrons. The smallest absolute Gasteiger partial charge is 0.171 e. The van der Waals surface area contributed by atoms with Crippen LogP contribution in [-0.4, -0.2) is 27.1 Å². The quantitative estimate of drug-likeness (QED) is 0.684. The van der Waals surface area contributed by atoms with Crippen molar-refractivity contribution in [3.05, 3.63) is 10.6 Å². The van der Waals surface area contributed by atoms with Crippen LogP contribution in [0.2, 0.25) is 25.2 Å². The molecular formula is C14H24Cl2O2Si. The number of allylic oxidation sites excluding steroid dienone is 1. The lowest BCUT2D eigenvalue weighted by Gasteiger charge is -2.46. The first-order valence-corrected chi connectivity index (χ1v) is 11.5. The highest BCUT2D eigenvalue weighted by molar-refractivity contribution is 6.78. The van der Waals surface area contributed by atoms with Crippen molar-refractivity contribution in [1.82, 2.24) is 0 Å². The van der Waals surface area contributed by atoms with Gasteiger partial charge in [-0.15, -0.1) is 0 Å². The minimum absolute atomic E-state index is 0.372. The second kappa shape index (κ2) is 6.06. The van der Waals surface area contributed by atoms with Gasteiger partial charge in [-0.25, -0.2) is 0 Å². The van der Waals surface area contributed by atoms with E-state index in [2.05, 4.69) is 19.6 Å². The summed E-state index contributed by atoms with van der Waals surface area (Å²) in [7, 11) is -1.44. The van der Waals surface area contributed by atoms with Crippen LogP contribution in [0, 0.1) is 5.92 Å². The van der Waals surface area contributed by atoms with Gasteiger partial charge in [0.1, 0.15) is 4.49 Å². The Balaban J connectivity index is 2.30. The second-order valence-electron chi connectivity index (χ2n) is 6.71. The van der Waals surface area contributed by atoms with E-state index in [0.29, 0.717) is 29.2 Å². The zero-order chi connectivity index (χ0) is 14.1. The fourth-order valence-corrected chi connectivity index (χ4v) is 6.31. The van der Waals surface area contributed by atoms with E-state index >= 15 is 0 Å². The van der Waals surface area contributed by atoms with E-state index in [4.69, 9.17) is 32.7 Å². The molecule has 1 spiro atoms. The van der Waals surface area contributed by atoms with E-state index in [1.54, 1.807) is 0 Å². The van der Waals surface area contributed by atoms with E-state index in [-0.39, 0.29) is 5.79 Å². The van der Waals surface area contributed by atoms with Crippen LogP contribution in [0.25, 0.3) is 0 Å². The molecule has 0 N–H and O–H groups in total. The minimum atomic E-state index is -1.44. The molecule has 0 aromatic rings. The molecule has 1 saturated carbocycles. The molecule has 2 aliphatic rings. The summed E-state index contributed by atoms with van der Waals surface area (Å²) in [5.41, 5.74) is 0.399. The van der Waals surface area contributed by atoms with Gasteiger partial charge >= 0.3 is 0 Å².